The summed E-state index contributed by atoms with van der Waals surface area (Å²) in [5, 5.41) is 5.92. The predicted molar refractivity (Wildman–Crippen MR) is 47.2 cm³/mol. The second-order valence-electron chi connectivity index (χ2n) is 3.03. The molecule has 1 N–H and O–H groups in total. The minimum atomic E-state index is 0.146. The lowest BCUT2D eigenvalue weighted by Gasteiger charge is -1.99. The Bertz CT molecular complexity index is 308. The van der Waals surface area contributed by atoms with Gasteiger partial charge in [0.05, 0.1) is 5.01 Å². The lowest BCUT2D eigenvalue weighted by molar-refractivity contribution is -0.119. The number of hydrogen-bond acceptors (Lipinski definition) is 3. The molecular formula is C8H10N2OS. The number of hydrogen-bond donors (Lipinski definition) is 1. The average Bonchev–Trinajstić information content (AvgIpc) is 2.58. The highest BCUT2D eigenvalue weighted by atomic mass is 32.1. The Morgan fingerprint density at radius 1 is 1.75 bits per heavy atom. The molecule has 64 valence electrons. The highest BCUT2D eigenvalue weighted by molar-refractivity contribution is 7.09. The number of carbonyl (C=O) groups excluding carboxylic acids is 1. The Morgan fingerprint density at radius 2 is 2.58 bits per heavy atom. The maximum Gasteiger partial charge on any atom is 0.220 e. The molecule has 3 nitrogen and oxygen atoms in total. The summed E-state index contributed by atoms with van der Waals surface area (Å²) in [6, 6.07) is 0. The fourth-order valence-corrected chi connectivity index (χ4v) is 2.24. The molecule has 0 saturated carbocycles. The third-order valence-electron chi connectivity index (χ3n) is 1.96. The second-order valence-corrected chi connectivity index (χ2v) is 3.92. The normalized spacial score (nSPS) is 22.8. The monoisotopic (exact) mass is 182 g/mol. The average molecular weight is 182 g/mol. The summed E-state index contributed by atoms with van der Waals surface area (Å²) < 4.78 is 0. The van der Waals surface area contributed by atoms with E-state index in [0.29, 0.717) is 12.3 Å². The fraction of sp³-hybridized carbons (Fsp3) is 0.500. The SMILES string of the molecule is Cc1csc(C2CNC(=O)C2)n1. The second kappa shape index (κ2) is 2.86. The van der Waals surface area contributed by atoms with E-state index < -0.39 is 0 Å². The first kappa shape index (κ1) is 7.73. The molecule has 1 aliphatic heterocycles. The fourth-order valence-electron chi connectivity index (χ4n) is 1.34. The Balaban J connectivity index is 2.15. The molecule has 4 heteroatoms. The minimum absolute atomic E-state index is 0.146. The molecule has 12 heavy (non-hydrogen) atoms. The van der Waals surface area contributed by atoms with Crippen LogP contribution in [0.5, 0.6) is 0 Å². The van der Waals surface area contributed by atoms with E-state index in [1.54, 1.807) is 11.3 Å². The minimum Gasteiger partial charge on any atom is -0.355 e. The number of thiazole rings is 1. The number of aryl methyl sites for hydroxylation is 1. The standard InChI is InChI=1S/C8H10N2OS/c1-5-4-12-8(10-5)6-2-7(11)9-3-6/h4,6H,2-3H2,1H3,(H,9,11). The highest BCUT2D eigenvalue weighted by Gasteiger charge is 2.24. The Kier molecular flexibility index (Phi) is 1.84. The first-order valence-electron chi connectivity index (χ1n) is 3.94. The quantitative estimate of drug-likeness (QED) is 0.705. The van der Waals surface area contributed by atoms with Crippen LogP contribution in [0.25, 0.3) is 0 Å². The molecule has 0 aliphatic carbocycles. The van der Waals surface area contributed by atoms with Gasteiger partial charge in [0, 0.05) is 30.0 Å². The number of nitrogens with one attached hydrogen (secondary N) is 1. The van der Waals surface area contributed by atoms with E-state index in [1.807, 2.05) is 12.3 Å². The van der Waals surface area contributed by atoms with Gasteiger partial charge in [-0.05, 0) is 6.92 Å². The third kappa shape index (κ3) is 1.34. The molecule has 0 radical (unpaired) electrons. The van der Waals surface area contributed by atoms with E-state index in [4.69, 9.17) is 0 Å². The van der Waals surface area contributed by atoms with Crippen LogP contribution >= 0.6 is 11.3 Å². The van der Waals surface area contributed by atoms with Crippen LogP contribution in [-0.4, -0.2) is 17.4 Å². The predicted octanol–water partition coefficient (Wildman–Crippen LogP) is 1.06. The van der Waals surface area contributed by atoms with Gasteiger partial charge in [-0.25, -0.2) is 4.98 Å². The number of nitrogens with zero attached hydrogens (tertiary/aromatic N) is 1. The first-order chi connectivity index (χ1) is 5.75. The van der Waals surface area contributed by atoms with Gasteiger partial charge >= 0.3 is 0 Å². The van der Waals surface area contributed by atoms with Gasteiger partial charge in [0.2, 0.25) is 5.91 Å². The van der Waals surface area contributed by atoms with E-state index in [-0.39, 0.29) is 5.91 Å². The molecule has 1 atom stereocenters. The molecule has 1 saturated heterocycles. The van der Waals surface area contributed by atoms with Crippen molar-refractivity contribution < 1.29 is 4.79 Å². The van der Waals surface area contributed by atoms with Gasteiger partial charge in [-0.1, -0.05) is 0 Å². The molecule has 1 aromatic heterocycles. The Labute approximate surface area is 74.8 Å². The summed E-state index contributed by atoms with van der Waals surface area (Å²) in [5.41, 5.74) is 1.05. The van der Waals surface area contributed by atoms with Crippen molar-refractivity contribution in [3.63, 3.8) is 0 Å². The number of carbonyl (C=O) groups is 1. The van der Waals surface area contributed by atoms with Gasteiger partial charge in [0.1, 0.15) is 0 Å². The molecule has 2 heterocycles. The molecule has 0 bridgehead atoms. The number of aromatic nitrogens is 1. The van der Waals surface area contributed by atoms with Crippen LogP contribution in [0.15, 0.2) is 5.38 Å². The van der Waals surface area contributed by atoms with Crippen LogP contribution in [0.3, 0.4) is 0 Å². The zero-order valence-corrected chi connectivity index (χ0v) is 7.65. The van der Waals surface area contributed by atoms with Gasteiger partial charge in [-0.2, -0.15) is 0 Å². The lowest BCUT2D eigenvalue weighted by Crippen LogP contribution is -2.13. The summed E-state index contributed by atoms with van der Waals surface area (Å²) in [6.45, 7) is 2.73. The van der Waals surface area contributed by atoms with Crippen molar-refractivity contribution in [3.8, 4) is 0 Å². The molecule has 1 fully saturated rings. The van der Waals surface area contributed by atoms with Crippen LogP contribution in [0.2, 0.25) is 0 Å². The third-order valence-corrected chi connectivity index (χ3v) is 3.09. The van der Waals surface area contributed by atoms with E-state index in [9.17, 15) is 4.79 Å². The van der Waals surface area contributed by atoms with Crippen molar-refractivity contribution in [2.24, 2.45) is 0 Å². The molecule has 0 aromatic carbocycles. The number of rotatable bonds is 1. The lowest BCUT2D eigenvalue weighted by atomic mass is 10.1. The van der Waals surface area contributed by atoms with Crippen molar-refractivity contribution in [1.82, 2.24) is 10.3 Å². The van der Waals surface area contributed by atoms with Crippen LogP contribution in [0.4, 0.5) is 0 Å². The molecular weight excluding hydrogens is 172 g/mol. The molecule has 1 aliphatic rings. The van der Waals surface area contributed by atoms with E-state index in [1.165, 1.54) is 0 Å². The molecule has 0 spiro atoms. The highest BCUT2D eigenvalue weighted by Crippen LogP contribution is 2.25. The van der Waals surface area contributed by atoms with Gasteiger partial charge in [0.25, 0.3) is 0 Å². The van der Waals surface area contributed by atoms with Crippen LogP contribution < -0.4 is 5.32 Å². The first-order valence-corrected chi connectivity index (χ1v) is 4.82. The smallest absolute Gasteiger partial charge is 0.220 e. The van der Waals surface area contributed by atoms with Crippen molar-refractivity contribution in [2.45, 2.75) is 19.3 Å². The van der Waals surface area contributed by atoms with E-state index >= 15 is 0 Å². The van der Waals surface area contributed by atoms with Crippen molar-refractivity contribution in [2.75, 3.05) is 6.54 Å². The molecule has 1 aromatic rings. The largest absolute Gasteiger partial charge is 0.355 e. The van der Waals surface area contributed by atoms with Crippen LogP contribution in [0.1, 0.15) is 23.0 Å². The molecule has 1 unspecified atom stereocenters. The summed E-state index contributed by atoms with van der Waals surface area (Å²) >= 11 is 1.65. The van der Waals surface area contributed by atoms with E-state index in [0.717, 1.165) is 17.2 Å². The maximum atomic E-state index is 10.9. The zero-order valence-electron chi connectivity index (χ0n) is 6.83. The topological polar surface area (TPSA) is 42.0 Å². The van der Waals surface area contributed by atoms with Gasteiger partial charge in [-0.3, -0.25) is 4.79 Å². The van der Waals surface area contributed by atoms with Gasteiger partial charge in [-0.15, -0.1) is 11.3 Å². The van der Waals surface area contributed by atoms with Crippen LogP contribution in [0, 0.1) is 6.92 Å². The summed E-state index contributed by atoms with van der Waals surface area (Å²) in [4.78, 5) is 15.3. The van der Waals surface area contributed by atoms with Crippen LogP contribution in [-0.2, 0) is 4.79 Å². The van der Waals surface area contributed by atoms with Crippen molar-refractivity contribution in [1.29, 1.82) is 0 Å². The summed E-state index contributed by atoms with van der Waals surface area (Å²) in [7, 11) is 0. The van der Waals surface area contributed by atoms with E-state index in [2.05, 4.69) is 10.3 Å². The van der Waals surface area contributed by atoms with Gasteiger partial charge < -0.3 is 5.32 Å². The number of amides is 1. The maximum absolute atomic E-state index is 10.9. The Morgan fingerprint density at radius 3 is 3.08 bits per heavy atom. The zero-order chi connectivity index (χ0) is 8.55. The summed E-state index contributed by atoms with van der Waals surface area (Å²) in [6.07, 6.45) is 0.604. The van der Waals surface area contributed by atoms with Crippen molar-refractivity contribution >= 4 is 17.2 Å². The van der Waals surface area contributed by atoms with Gasteiger partial charge in [0.15, 0.2) is 0 Å². The summed E-state index contributed by atoms with van der Waals surface area (Å²) in [5.74, 6) is 0.462. The van der Waals surface area contributed by atoms with Crippen molar-refractivity contribution in [3.05, 3.63) is 16.1 Å². The molecule has 1 amide bonds. The molecule has 2 rings (SSSR count). The Hall–Kier alpha value is -0.900.